The molecule has 0 bridgehead atoms. The first kappa shape index (κ1) is 20.7. The van der Waals surface area contributed by atoms with Crippen molar-refractivity contribution in [1.82, 2.24) is 9.97 Å². The van der Waals surface area contributed by atoms with Crippen molar-refractivity contribution in [3.05, 3.63) is 76.1 Å². The number of amides is 1. The Labute approximate surface area is 171 Å². The molecule has 29 heavy (non-hydrogen) atoms. The average Bonchev–Trinajstić information content (AvgIpc) is 2.67. The molecule has 0 saturated heterocycles. The lowest BCUT2D eigenvalue weighted by atomic mass is 10.1. The topological polar surface area (TPSA) is 64.1 Å². The van der Waals surface area contributed by atoms with E-state index in [9.17, 15) is 13.6 Å². The number of nitrogens with zero attached hydrogens (tertiary/aromatic N) is 2. The molecule has 0 radical (unpaired) electrons. The Hall–Kier alpha value is -3.06. The molecule has 1 amide bonds. The van der Waals surface area contributed by atoms with E-state index in [0.29, 0.717) is 23.5 Å². The van der Waals surface area contributed by atoms with Crippen LogP contribution in [0.4, 0.5) is 14.5 Å². The van der Waals surface area contributed by atoms with E-state index in [0.717, 1.165) is 5.56 Å². The van der Waals surface area contributed by atoms with Crippen LogP contribution >= 0.6 is 11.6 Å². The van der Waals surface area contributed by atoms with Crippen molar-refractivity contribution in [3.63, 3.8) is 0 Å². The number of benzene rings is 2. The minimum absolute atomic E-state index is 0.0101. The molecule has 0 spiro atoms. The maximum absolute atomic E-state index is 13.7. The fourth-order valence-corrected chi connectivity index (χ4v) is 2.90. The molecule has 0 aliphatic rings. The predicted octanol–water partition coefficient (Wildman–Crippen LogP) is 5.39. The third kappa shape index (κ3) is 5.26. The van der Waals surface area contributed by atoms with Crippen LogP contribution < -0.4 is 10.1 Å². The van der Waals surface area contributed by atoms with Gasteiger partial charge in [0.2, 0.25) is 5.91 Å². The Morgan fingerprint density at radius 1 is 1.07 bits per heavy atom. The third-order valence-electron chi connectivity index (χ3n) is 4.18. The Kier molecular flexibility index (Phi) is 6.39. The number of para-hydroxylation sites is 1. The Morgan fingerprint density at radius 2 is 1.76 bits per heavy atom. The Bertz CT molecular complexity index is 1040. The van der Waals surface area contributed by atoms with Gasteiger partial charge in [0, 0.05) is 6.42 Å². The Morgan fingerprint density at radius 3 is 2.41 bits per heavy atom. The van der Waals surface area contributed by atoms with Crippen molar-refractivity contribution in [2.24, 2.45) is 0 Å². The molecule has 1 heterocycles. The third-order valence-corrected chi connectivity index (χ3v) is 4.47. The molecule has 2 aromatic carbocycles. The maximum Gasteiger partial charge on any atom is 0.322 e. The number of nitrogens with one attached hydrogen (secondary N) is 1. The summed E-state index contributed by atoms with van der Waals surface area (Å²) in [4.78, 5) is 20.7. The van der Waals surface area contributed by atoms with Crippen LogP contribution in [0.2, 0.25) is 5.02 Å². The van der Waals surface area contributed by atoms with Gasteiger partial charge in [0.1, 0.15) is 5.82 Å². The van der Waals surface area contributed by atoms with Crippen LogP contribution in [0.25, 0.3) is 0 Å². The zero-order valence-electron chi connectivity index (χ0n) is 15.8. The molecule has 3 rings (SSSR count). The van der Waals surface area contributed by atoms with Crippen LogP contribution in [0, 0.1) is 25.5 Å². The summed E-state index contributed by atoms with van der Waals surface area (Å²) in [6.07, 6.45) is 0.577. The fourth-order valence-electron chi connectivity index (χ4n) is 2.69. The van der Waals surface area contributed by atoms with Crippen LogP contribution in [-0.2, 0) is 11.2 Å². The molecule has 3 aromatic rings. The van der Waals surface area contributed by atoms with Gasteiger partial charge in [-0.25, -0.2) is 8.78 Å². The summed E-state index contributed by atoms with van der Waals surface area (Å²) in [5.41, 5.74) is 2.20. The van der Waals surface area contributed by atoms with Crippen LogP contribution in [0.3, 0.4) is 0 Å². The average molecular weight is 418 g/mol. The predicted molar refractivity (Wildman–Crippen MR) is 106 cm³/mol. The molecule has 150 valence electrons. The van der Waals surface area contributed by atoms with Gasteiger partial charge < -0.3 is 10.1 Å². The van der Waals surface area contributed by atoms with E-state index in [2.05, 4.69) is 15.3 Å². The van der Waals surface area contributed by atoms with Gasteiger partial charge in [-0.1, -0.05) is 29.8 Å². The van der Waals surface area contributed by atoms with Crippen LogP contribution in [0.15, 0.2) is 42.5 Å². The Balaban J connectivity index is 1.66. The first-order chi connectivity index (χ1) is 13.8. The van der Waals surface area contributed by atoms with E-state index in [1.165, 1.54) is 24.3 Å². The summed E-state index contributed by atoms with van der Waals surface area (Å²) in [7, 11) is 0. The van der Waals surface area contributed by atoms with Crippen LogP contribution in [0.1, 0.15) is 23.4 Å². The first-order valence-electron chi connectivity index (χ1n) is 8.85. The summed E-state index contributed by atoms with van der Waals surface area (Å²) < 4.78 is 32.3. The number of ether oxygens (including phenoxy) is 1. The van der Waals surface area contributed by atoms with E-state index in [1.807, 2.05) is 0 Å². The van der Waals surface area contributed by atoms with Gasteiger partial charge >= 0.3 is 6.01 Å². The number of hydrogen-bond acceptors (Lipinski definition) is 4. The minimum Gasteiger partial charge on any atom is -0.421 e. The van der Waals surface area contributed by atoms with Gasteiger partial charge in [-0.2, -0.15) is 9.97 Å². The molecule has 0 aliphatic carbocycles. The van der Waals surface area contributed by atoms with Crippen molar-refractivity contribution in [2.75, 3.05) is 5.32 Å². The van der Waals surface area contributed by atoms with Gasteiger partial charge in [0.05, 0.1) is 22.1 Å². The van der Waals surface area contributed by atoms with Crippen molar-refractivity contribution in [2.45, 2.75) is 26.7 Å². The molecule has 0 saturated carbocycles. The zero-order valence-corrected chi connectivity index (χ0v) is 16.6. The molecule has 5 nitrogen and oxygen atoms in total. The highest BCUT2D eigenvalue weighted by Gasteiger charge is 2.14. The molecule has 0 unspecified atom stereocenters. The van der Waals surface area contributed by atoms with Gasteiger partial charge in [-0.15, -0.1) is 0 Å². The molecule has 0 fully saturated rings. The highest BCUT2D eigenvalue weighted by Crippen LogP contribution is 2.25. The SMILES string of the molecule is Cc1nc(Oc2ccccc2F)nc(C)c1NC(=O)CCc1ccc(F)c(Cl)c1. The number of halogens is 3. The molecule has 8 heteroatoms. The lowest BCUT2D eigenvalue weighted by Crippen LogP contribution is -2.15. The molecule has 0 atom stereocenters. The van der Waals surface area contributed by atoms with Gasteiger partial charge in [-0.3, -0.25) is 4.79 Å². The normalized spacial score (nSPS) is 10.7. The van der Waals surface area contributed by atoms with Crippen molar-refractivity contribution < 1.29 is 18.3 Å². The van der Waals surface area contributed by atoms with Gasteiger partial charge in [0.25, 0.3) is 0 Å². The lowest BCUT2D eigenvalue weighted by molar-refractivity contribution is -0.116. The highest BCUT2D eigenvalue weighted by molar-refractivity contribution is 6.30. The summed E-state index contributed by atoms with van der Waals surface area (Å²) >= 11 is 5.76. The monoisotopic (exact) mass is 417 g/mol. The van der Waals surface area contributed by atoms with Crippen LogP contribution in [-0.4, -0.2) is 15.9 Å². The number of hydrogen-bond donors (Lipinski definition) is 1. The van der Waals surface area contributed by atoms with E-state index in [-0.39, 0.29) is 29.1 Å². The van der Waals surface area contributed by atoms with Gasteiger partial charge in [-0.05, 0) is 50.1 Å². The van der Waals surface area contributed by atoms with Crippen molar-refractivity contribution >= 4 is 23.2 Å². The molecular formula is C21H18ClF2N3O2. The first-order valence-corrected chi connectivity index (χ1v) is 9.22. The summed E-state index contributed by atoms with van der Waals surface area (Å²) in [5.74, 6) is -1.25. The standard InChI is InChI=1S/C21H18ClF2N3O2/c1-12-20(27-19(28)10-8-14-7-9-16(23)15(22)11-14)13(2)26-21(25-12)29-18-6-4-3-5-17(18)24/h3-7,9,11H,8,10H2,1-2H3,(H,27,28). The minimum atomic E-state index is -0.523. The molecule has 1 aromatic heterocycles. The molecule has 0 aliphatic heterocycles. The highest BCUT2D eigenvalue weighted by atomic mass is 35.5. The number of carbonyl (C=O) groups excluding carboxylic acids is 1. The largest absolute Gasteiger partial charge is 0.421 e. The second-order valence-corrected chi connectivity index (χ2v) is 6.79. The molecular weight excluding hydrogens is 400 g/mol. The van der Waals surface area contributed by atoms with Crippen molar-refractivity contribution in [3.8, 4) is 11.8 Å². The maximum atomic E-state index is 13.7. The van der Waals surface area contributed by atoms with E-state index >= 15 is 0 Å². The van der Waals surface area contributed by atoms with Crippen molar-refractivity contribution in [1.29, 1.82) is 0 Å². The molecule has 1 N–H and O–H groups in total. The van der Waals surface area contributed by atoms with Gasteiger partial charge in [0.15, 0.2) is 11.6 Å². The number of carbonyl (C=O) groups is 1. The summed E-state index contributed by atoms with van der Waals surface area (Å²) in [5, 5.41) is 2.80. The van der Waals surface area contributed by atoms with Crippen LogP contribution in [0.5, 0.6) is 11.8 Å². The van der Waals surface area contributed by atoms with E-state index < -0.39 is 11.6 Å². The second-order valence-electron chi connectivity index (χ2n) is 6.38. The lowest BCUT2D eigenvalue weighted by Gasteiger charge is -2.13. The van der Waals surface area contributed by atoms with E-state index in [1.54, 1.807) is 32.0 Å². The second kappa shape index (κ2) is 8.96. The summed E-state index contributed by atoms with van der Waals surface area (Å²) in [6, 6.07) is 10.3. The zero-order chi connectivity index (χ0) is 21.0. The number of aromatic nitrogens is 2. The summed E-state index contributed by atoms with van der Waals surface area (Å²) in [6.45, 7) is 3.39. The van der Waals surface area contributed by atoms with E-state index in [4.69, 9.17) is 16.3 Å². The number of aryl methyl sites for hydroxylation is 3. The smallest absolute Gasteiger partial charge is 0.322 e. The number of anilines is 1. The number of rotatable bonds is 6. The quantitative estimate of drug-likeness (QED) is 0.584. The fraction of sp³-hybridized carbons (Fsp3) is 0.190.